The van der Waals surface area contributed by atoms with Gasteiger partial charge in [-0.1, -0.05) is 12.1 Å². The van der Waals surface area contributed by atoms with Crippen LogP contribution in [-0.4, -0.2) is 28.7 Å². The molecule has 1 saturated heterocycles. The summed E-state index contributed by atoms with van der Waals surface area (Å²) in [5, 5.41) is 12.1. The predicted octanol–water partition coefficient (Wildman–Crippen LogP) is 3.94. The minimum atomic E-state index is -0.702. The molecule has 2 heterocycles. The van der Waals surface area contributed by atoms with E-state index in [2.05, 4.69) is 0 Å². The molecule has 0 bridgehead atoms. The Morgan fingerprint density at radius 3 is 2.57 bits per heavy atom. The molecule has 0 radical (unpaired) electrons. The lowest BCUT2D eigenvalue weighted by Gasteiger charge is -2.34. The second-order valence-electron chi connectivity index (χ2n) is 7.60. The molecule has 7 nitrogen and oxygen atoms in total. The smallest absolute Gasteiger partial charge is 0.357 e. The number of piperidine rings is 1. The Labute approximate surface area is 172 Å². The van der Waals surface area contributed by atoms with Crippen LogP contribution >= 0.6 is 0 Å². The predicted molar refractivity (Wildman–Crippen MR) is 113 cm³/mol. The van der Waals surface area contributed by atoms with Gasteiger partial charge < -0.3 is 14.2 Å². The van der Waals surface area contributed by atoms with E-state index in [1.807, 2.05) is 31.2 Å². The van der Waals surface area contributed by atoms with Crippen LogP contribution in [0.1, 0.15) is 18.4 Å². The third-order valence-corrected chi connectivity index (χ3v) is 5.54. The van der Waals surface area contributed by atoms with Crippen LogP contribution in [0.4, 0.5) is 15.8 Å². The van der Waals surface area contributed by atoms with E-state index in [1.165, 1.54) is 29.8 Å². The fourth-order valence-corrected chi connectivity index (χ4v) is 4.05. The number of halogens is 1. The minimum absolute atomic E-state index is 0.0309. The van der Waals surface area contributed by atoms with Gasteiger partial charge in [0.1, 0.15) is 23.4 Å². The Bertz CT molecular complexity index is 1180. The Kier molecular flexibility index (Phi) is 5.15. The molecule has 2 aromatic carbocycles. The Balaban J connectivity index is 1.67. The molecule has 0 unspecified atom stereocenters. The van der Waals surface area contributed by atoms with Crippen LogP contribution in [-0.2, 0) is 7.05 Å². The number of hydrogen-bond donors (Lipinski definition) is 0. The van der Waals surface area contributed by atoms with Crippen molar-refractivity contribution < 1.29 is 14.1 Å². The number of anilines is 1. The van der Waals surface area contributed by atoms with Crippen LogP contribution in [0.2, 0.25) is 0 Å². The molecule has 1 aromatic heterocycles. The lowest BCUT2D eigenvalue weighted by atomic mass is 10.0. The van der Waals surface area contributed by atoms with Gasteiger partial charge in [-0.25, -0.2) is 4.39 Å². The normalized spacial score (nSPS) is 14.8. The van der Waals surface area contributed by atoms with E-state index in [4.69, 9.17) is 4.74 Å². The van der Waals surface area contributed by atoms with E-state index >= 15 is 0 Å². The van der Waals surface area contributed by atoms with Crippen LogP contribution < -0.4 is 15.2 Å². The van der Waals surface area contributed by atoms with Crippen molar-refractivity contribution in [2.75, 3.05) is 18.0 Å². The quantitative estimate of drug-likeness (QED) is 0.480. The molecule has 1 fully saturated rings. The lowest BCUT2D eigenvalue weighted by Crippen LogP contribution is -2.39. The van der Waals surface area contributed by atoms with Gasteiger partial charge in [-0.3, -0.25) is 14.9 Å². The summed E-state index contributed by atoms with van der Waals surface area (Å²) >= 11 is 0. The zero-order chi connectivity index (χ0) is 21.4. The summed E-state index contributed by atoms with van der Waals surface area (Å²) in [4.78, 5) is 25.6. The summed E-state index contributed by atoms with van der Waals surface area (Å²) in [7, 11) is 1.46. The Morgan fingerprint density at radius 1 is 1.17 bits per heavy atom. The zero-order valence-electron chi connectivity index (χ0n) is 16.8. The molecule has 0 saturated carbocycles. The molecule has 4 rings (SSSR count). The van der Waals surface area contributed by atoms with Crippen molar-refractivity contribution in [2.24, 2.45) is 7.05 Å². The summed E-state index contributed by atoms with van der Waals surface area (Å²) in [6.45, 7) is 2.93. The number of nitrogens with zero attached hydrogens (tertiary/aromatic N) is 3. The highest BCUT2D eigenvalue weighted by Crippen LogP contribution is 2.35. The average molecular weight is 411 g/mol. The van der Waals surface area contributed by atoms with E-state index in [1.54, 1.807) is 4.90 Å². The first-order valence-electron chi connectivity index (χ1n) is 9.80. The molecule has 3 aromatic rings. The van der Waals surface area contributed by atoms with E-state index in [9.17, 15) is 19.3 Å². The van der Waals surface area contributed by atoms with Gasteiger partial charge in [-0.05, 0) is 42.8 Å². The highest BCUT2D eigenvalue weighted by atomic mass is 19.1. The molecular weight excluding hydrogens is 389 g/mol. The zero-order valence-corrected chi connectivity index (χ0v) is 16.8. The van der Waals surface area contributed by atoms with Crippen molar-refractivity contribution in [2.45, 2.75) is 25.9 Å². The van der Waals surface area contributed by atoms with Crippen molar-refractivity contribution in [1.29, 1.82) is 0 Å². The maximum Gasteiger partial charge on any atom is 0.357 e. The van der Waals surface area contributed by atoms with Crippen molar-refractivity contribution in [3.05, 3.63) is 74.3 Å². The summed E-state index contributed by atoms with van der Waals surface area (Å²) < 4.78 is 21.2. The first-order valence-corrected chi connectivity index (χ1v) is 9.80. The number of benzene rings is 2. The van der Waals surface area contributed by atoms with E-state index in [0.717, 1.165) is 11.3 Å². The molecule has 0 atom stereocenters. The maximum atomic E-state index is 14.0. The van der Waals surface area contributed by atoms with Gasteiger partial charge in [0.25, 0.3) is 0 Å². The number of pyridine rings is 1. The molecular formula is C22H22FN3O4. The van der Waals surface area contributed by atoms with Gasteiger partial charge in [0.15, 0.2) is 0 Å². The van der Waals surface area contributed by atoms with Crippen molar-refractivity contribution in [1.82, 2.24) is 4.57 Å². The van der Waals surface area contributed by atoms with Crippen molar-refractivity contribution in [3.63, 3.8) is 0 Å². The number of fused-ring (bicyclic) bond motifs is 1. The van der Waals surface area contributed by atoms with E-state index in [-0.39, 0.29) is 11.8 Å². The number of aryl methyl sites for hydroxylation is 2. The number of hydrogen-bond acceptors (Lipinski definition) is 5. The number of nitro groups is 1. The lowest BCUT2D eigenvalue weighted by molar-refractivity contribution is -0.385. The first-order chi connectivity index (χ1) is 14.3. The molecule has 1 aliphatic heterocycles. The fraction of sp³-hybridized carbons (Fsp3) is 0.318. The van der Waals surface area contributed by atoms with Gasteiger partial charge in [0.05, 0.1) is 10.4 Å². The SMILES string of the molecule is Cc1cccc(OC2CCN(c3c([N+](=O)[O-])c(=O)n(C)c4ccc(F)cc34)CC2)c1. The van der Waals surface area contributed by atoms with Crippen molar-refractivity contribution >= 4 is 22.3 Å². The summed E-state index contributed by atoms with van der Waals surface area (Å²) in [6.07, 6.45) is 1.24. The van der Waals surface area contributed by atoms with Crippen LogP contribution in [0.3, 0.4) is 0 Å². The molecule has 8 heteroatoms. The molecule has 1 aliphatic rings. The molecule has 0 aliphatic carbocycles. The summed E-state index contributed by atoms with van der Waals surface area (Å²) in [6, 6.07) is 11.8. The monoisotopic (exact) mass is 411 g/mol. The van der Waals surface area contributed by atoms with Gasteiger partial charge in [-0.15, -0.1) is 0 Å². The second kappa shape index (κ2) is 7.78. The standard InChI is InChI=1S/C22H22FN3O4/c1-14-4-3-5-17(12-14)30-16-8-10-25(11-9-16)20-18-13-15(23)6-7-19(18)24(2)22(27)21(20)26(28)29/h3-7,12-13,16H,8-11H2,1-2H3. The van der Waals surface area contributed by atoms with E-state index < -0.39 is 22.0 Å². The summed E-state index contributed by atoms with van der Waals surface area (Å²) in [5.41, 5.74) is 0.529. The molecule has 0 amide bonds. The fourth-order valence-electron chi connectivity index (χ4n) is 4.05. The second-order valence-corrected chi connectivity index (χ2v) is 7.60. The highest BCUT2D eigenvalue weighted by Gasteiger charge is 2.31. The third-order valence-electron chi connectivity index (χ3n) is 5.54. The first kappa shape index (κ1) is 19.9. The van der Waals surface area contributed by atoms with Gasteiger partial charge >= 0.3 is 11.2 Å². The highest BCUT2D eigenvalue weighted by molar-refractivity contribution is 5.96. The van der Waals surface area contributed by atoms with Crippen LogP contribution in [0.25, 0.3) is 10.9 Å². The number of ether oxygens (including phenoxy) is 1. The molecule has 156 valence electrons. The molecule has 0 N–H and O–H groups in total. The van der Waals surface area contributed by atoms with Crippen LogP contribution in [0.15, 0.2) is 47.3 Å². The van der Waals surface area contributed by atoms with E-state index in [0.29, 0.717) is 36.8 Å². The number of rotatable bonds is 4. The van der Waals surface area contributed by atoms with Crippen molar-refractivity contribution in [3.8, 4) is 5.75 Å². The van der Waals surface area contributed by atoms with Crippen LogP contribution in [0.5, 0.6) is 5.75 Å². The van der Waals surface area contributed by atoms with Gasteiger partial charge in [-0.2, -0.15) is 0 Å². The van der Waals surface area contributed by atoms with Gasteiger partial charge in [0.2, 0.25) is 0 Å². The minimum Gasteiger partial charge on any atom is -0.490 e. The maximum absolute atomic E-state index is 14.0. The van der Waals surface area contributed by atoms with Crippen LogP contribution in [0, 0.1) is 22.9 Å². The Hall–Kier alpha value is -3.42. The largest absolute Gasteiger partial charge is 0.490 e. The van der Waals surface area contributed by atoms with Gasteiger partial charge in [0, 0.05) is 38.4 Å². The molecule has 0 spiro atoms. The average Bonchev–Trinajstić information content (AvgIpc) is 2.71. The third kappa shape index (κ3) is 3.60. The topological polar surface area (TPSA) is 77.6 Å². The molecule has 30 heavy (non-hydrogen) atoms. The number of aromatic nitrogens is 1. The Morgan fingerprint density at radius 2 is 1.90 bits per heavy atom. The summed E-state index contributed by atoms with van der Waals surface area (Å²) in [5.74, 6) is 0.287.